The van der Waals surface area contributed by atoms with Gasteiger partial charge < -0.3 is 5.11 Å². The summed E-state index contributed by atoms with van der Waals surface area (Å²) < 4.78 is 0. The van der Waals surface area contributed by atoms with Crippen LogP contribution in [0.2, 0.25) is 32.7 Å². The molecule has 0 saturated heterocycles. The smallest absolute Gasteiger partial charge is 0.115 e. The van der Waals surface area contributed by atoms with E-state index in [4.69, 9.17) is 0 Å². The van der Waals surface area contributed by atoms with Gasteiger partial charge in [-0.3, -0.25) is 6.08 Å². The normalized spacial score (nSPS) is 14.9. The number of aryl methyl sites for hydroxylation is 1. The molecule has 1 aromatic rings. The number of phenolic OH excluding ortho intramolecular Hbond substituents is 1. The molecule has 1 atom stereocenters. The maximum absolute atomic E-state index is 9.38. The summed E-state index contributed by atoms with van der Waals surface area (Å²) in [7, 11) is -0.173. The molecular formula is C21H37Cl2OSi2Ti-. The Hall–Kier alpha value is 0.228. The van der Waals surface area contributed by atoms with E-state index in [-0.39, 0.29) is 46.5 Å². The van der Waals surface area contributed by atoms with Gasteiger partial charge in [0.15, 0.2) is 0 Å². The molecule has 0 aliphatic heterocycles. The second-order valence-corrected chi connectivity index (χ2v) is 13.7. The van der Waals surface area contributed by atoms with E-state index in [0.29, 0.717) is 11.7 Å². The van der Waals surface area contributed by atoms with Crippen LogP contribution in [-0.2, 0) is 21.7 Å². The van der Waals surface area contributed by atoms with Crippen LogP contribution in [0.3, 0.4) is 0 Å². The largest absolute Gasteiger partial charge is 0.508 e. The second-order valence-electron chi connectivity index (χ2n) is 7.61. The fourth-order valence-electron chi connectivity index (χ4n) is 2.36. The van der Waals surface area contributed by atoms with Crippen LogP contribution in [0.1, 0.15) is 33.3 Å². The zero-order valence-electron chi connectivity index (χ0n) is 18.6. The van der Waals surface area contributed by atoms with Crippen molar-refractivity contribution >= 4 is 47.6 Å². The third-order valence-corrected chi connectivity index (χ3v) is 6.19. The average molecular weight is 480 g/mol. The molecular weight excluding hydrogens is 443 g/mol. The summed E-state index contributed by atoms with van der Waals surface area (Å²) in [6.07, 6.45) is 3.36. The second kappa shape index (κ2) is 16.1. The summed E-state index contributed by atoms with van der Waals surface area (Å²) in [4.78, 5) is 0. The SMILES string of the molecule is CC1=[C-]C(C)C(C)=C1C.C[Si]C.Cc1cc(O)cc([Si](C)(C)C)c1.Cl.Cl.[Ti]. The van der Waals surface area contributed by atoms with Crippen molar-refractivity contribution in [2.24, 2.45) is 5.92 Å². The number of benzene rings is 1. The van der Waals surface area contributed by atoms with Gasteiger partial charge in [-0.05, 0) is 24.6 Å². The van der Waals surface area contributed by atoms with Gasteiger partial charge in [0.1, 0.15) is 5.75 Å². The van der Waals surface area contributed by atoms with Crippen LogP contribution >= 0.6 is 24.8 Å². The molecule has 0 saturated carbocycles. The minimum absolute atomic E-state index is 0. The van der Waals surface area contributed by atoms with Gasteiger partial charge in [-0.2, -0.15) is 11.1 Å². The van der Waals surface area contributed by atoms with Crippen LogP contribution in [0, 0.1) is 18.9 Å². The maximum atomic E-state index is 9.38. The molecule has 1 nitrogen and oxygen atoms in total. The first-order chi connectivity index (χ1) is 10.9. The van der Waals surface area contributed by atoms with Crippen molar-refractivity contribution in [1.29, 1.82) is 0 Å². The minimum Gasteiger partial charge on any atom is -0.508 e. The topological polar surface area (TPSA) is 20.2 Å². The Morgan fingerprint density at radius 3 is 1.63 bits per heavy atom. The summed E-state index contributed by atoms with van der Waals surface area (Å²) in [5.74, 6) is 0.956. The van der Waals surface area contributed by atoms with Crippen LogP contribution in [-0.4, -0.2) is 22.7 Å². The molecule has 0 fully saturated rings. The molecule has 27 heavy (non-hydrogen) atoms. The first kappa shape index (κ1) is 34.7. The molecule has 154 valence electrons. The summed E-state index contributed by atoms with van der Waals surface area (Å²) in [5.41, 5.74) is 5.39. The Kier molecular flexibility index (Phi) is 20.7. The van der Waals surface area contributed by atoms with Gasteiger partial charge in [0.05, 0.1) is 8.07 Å². The predicted octanol–water partition coefficient (Wildman–Crippen LogP) is 6.60. The summed E-state index contributed by atoms with van der Waals surface area (Å²) in [5, 5.41) is 10.7. The molecule has 0 spiro atoms. The number of hydrogen-bond acceptors (Lipinski definition) is 1. The van der Waals surface area contributed by atoms with Crippen LogP contribution in [0.5, 0.6) is 5.75 Å². The minimum atomic E-state index is -1.26. The van der Waals surface area contributed by atoms with Crippen LogP contribution in [0.15, 0.2) is 34.9 Å². The fraction of sp³-hybridized carbons (Fsp3) is 0.524. The molecule has 2 rings (SSSR count). The first-order valence-corrected chi connectivity index (χ1v) is 14.1. The van der Waals surface area contributed by atoms with Crippen LogP contribution < -0.4 is 5.19 Å². The average Bonchev–Trinajstić information content (AvgIpc) is 2.65. The standard InChI is InChI=1S/C10H16OSi.C9H13.C2H6Si.2ClH.Ti/c1-8-5-9(11)7-10(6-8)12(2,3)4;1-6-5-7(2)9(4)8(6)3;1-3-2;;;/h5-7,11H,1-4H3;6H,1-4H3;1-2H3;2*1H;/q;-1;;;;. The number of allylic oxidation sites excluding steroid dienone is 4. The van der Waals surface area contributed by atoms with E-state index < -0.39 is 8.07 Å². The van der Waals surface area contributed by atoms with Crippen molar-refractivity contribution in [1.82, 2.24) is 0 Å². The van der Waals surface area contributed by atoms with Crippen LogP contribution in [0.25, 0.3) is 0 Å². The molecule has 1 N–H and O–H groups in total. The van der Waals surface area contributed by atoms with Gasteiger partial charge in [-0.15, -0.1) is 31.7 Å². The molecule has 1 aliphatic carbocycles. The number of phenols is 1. The van der Waals surface area contributed by atoms with Crippen molar-refractivity contribution in [3.63, 3.8) is 0 Å². The van der Waals surface area contributed by atoms with Crippen molar-refractivity contribution in [2.75, 3.05) is 0 Å². The van der Waals surface area contributed by atoms with Gasteiger partial charge >= 0.3 is 0 Å². The van der Waals surface area contributed by atoms with E-state index in [1.165, 1.54) is 21.9 Å². The monoisotopic (exact) mass is 479 g/mol. The van der Waals surface area contributed by atoms with Gasteiger partial charge in [0.2, 0.25) is 0 Å². The zero-order valence-corrected chi connectivity index (χ0v) is 23.8. The van der Waals surface area contributed by atoms with Gasteiger partial charge in [-0.1, -0.05) is 70.7 Å². The Labute approximate surface area is 199 Å². The number of halogens is 2. The molecule has 0 aromatic heterocycles. The Morgan fingerprint density at radius 2 is 1.41 bits per heavy atom. The van der Waals surface area contributed by atoms with Gasteiger partial charge in [0, 0.05) is 31.2 Å². The molecule has 6 heteroatoms. The molecule has 2 radical (unpaired) electrons. The molecule has 0 bridgehead atoms. The molecule has 0 amide bonds. The summed E-state index contributed by atoms with van der Waals surface area (Å²) in [6, 6.07) is 5.86. The maximum Gasteiger partial charge on any atom is 0.115 e. The van der Waals surface area contributed by atoms with Crippen molar-refractivity contribution in [3.05, 3.63) is 46.6 Å². The third kappa shape index (κ3) is 13.1. The summed E-state index contributed by atoms with van der Waals surface area (Å²) >= 11 is 0. The van der Waals surface area contributed by atoms with Gasteiger partial charge in [-0.25, -0.2) is 5.57 Å². The van der Waals surface area contributed by atoms with Crippen molar-refractivity contribution in [3.8, 4) is 5.75 Å². The number of hydrogen-bond donors (Lipinski definition) is 1. The number of rotatable bonds is 1. The molecule has 1 aromatic carbocycles. The molecule has 1 aliphatic rings. The van der Waals surface area contributed by atoms with Crippen LogP contribution in [0.4, 0.5) is 0 Å². The molecule has 0 heterocycles. The Balaban J connectivity index is -0.000000159. The third-order valence-electron chi connectivity index (χ3n) is 4.16. The van der Waals surface area contributed by atoms with Crippen molar-refractivity contribution < 1.29 is 26.8 Å². The Morgan fingerprint density at radius 1 is 0.963 bits per heavy atom. The fourth-order valence-corrected chi connectivity index (χ4v) is 3.60. The summed E-state index contributed by atoms with van der Waals surface area (Å²) in [6.45, 7) is 21.8. The van der Waals surface area contributed by atoms with E-state index in [1.54, 1.807) is 6.07 Å². The van der Waals surface area contributed by atoms with E-state index in [2.05, 4.69) is 72.6 Å². The van der Waals surface area contributed by atoms with E-state index in [1.807, 2.05) is 13.0 Å². The van der Waals surface area contributed by atoms with E-state index in [9.17, 15) is 5.11 Å². The van der Waals surface area contributed by atoms with E-state index >= 15 is 0 Å². The van der Waals surface area contributed by atoms with E-state index in [0.717, 1.165) is 15.1 Å². The first-order valence-electron chi connectivity index (χ1n) is 8.61. The predicted molar refractivity (Wildman–Crippen MR) is 128 cm³/mol. The number of aromatic hydroxyl groups is 1. The van der Waals surface area contributed by atoms with Crippen molar-refractivity contribution in [2.45, 2.75) is 67.4 Å². The zero-order chi connectivity index (χ0) is 19.1. The molecule has 1 unspecified atom stereocenters. The quantitative estimate of drug-likeness (QED) is 0.355. The van der Waals surface area contributed by atoms with Gasteiger partial charge in [0.25, 0.3) is 0 Å². The Bertz CT molecular complexity index is 588.